The van der Waals surface area contributed by atoms with E-state index in [1.54, 1.807) is 11.9 Å². The zero-order valence-electron chi connectivity index (χ0n) is 6.59. The SMILES string of the molecule is CCOC(=O)NN1CCNC1. The van der Waals surface area contributed by atoms with Crippen LogP contribution in [0.3, 0.4) is 0 Å². The molecule has 0 bridgehead atoms. The van der Waals surface area contributed by atoms with Crippen molar-refractivity contribution in [3.8, 4) is 0 Å². The van der Waals surface area contributed by atoms with E-state index in [1.165, 1.54) is 0 Å². The van der Waals surface area contributed by atoms with Crippen LogP contribution in [-0.2, 0) is 4.74 Å². The van der Waals surface area contributed by atoms with Gasteiger partial charge in [-0.3, -0.25) is 5.43 Å². The van der Waals surface area contributed by atoms with Crippen molar-refractivity contribution in [2.24, 2.45) is 0 Å². The minimum Gasteiger partial charge on any atom is -0.449 e. The zero-order chi connectivity index (χ0) is 8.10. The molecule has 1 amide bonds. The average Bonchev–Trinajstić information content (AvgIpc) is 2.40. The highest BCUT2D eigenvalue weighted by Gasteiger charge is 2.12. The summed E-state index contributed by atoms with van der Waals surface area (Å²) in [5.74, 6) is 0. The standard InChI is InChI=1S/C6H13N3O2/c1-2-11-6(10)8-9-4-3-7-5-9/h7H,2-5H2,1H3,(H,8,10). The van der Waals surface area contributed by atoms with Crippen LogP contribution in [0.5, 0.6) is 0 Å². The molecule has 1 rings (SSSR count). The molecule has 5 heteroatoms. The molecule has 0 spiro atoms. The van der Waals surface area contributed by atoms with Crippen LogP contribution in [0, 0.1) is 0 Å². The number of carbonyl (C=O) groups is 1. The van der Waals surface area contributed by atoms with Gasteiger partial charge in [0.2, 0.25) is 0 Å². The second kappa shape index (κ2) is 4.15. The summed E-state index contributed by atoms with van der Waals surface area (Å²) in [6.07, 6.45) is -0.379. The van der Waals surface area contributed by atoms with Crippen molar-refractivity contribution in [1.29, 1.82) is 0 Å². The lowest BCUT2D eigenvalue weighted by atomic mass is 10.7. The van der Waals surface area contributed by atoms with E-state index in [2.05, 4.69) is 15.5 Å². The number of carbonyl (C=O) groups excluding carboxylic acids is 1. The first-order valence-electron chi connectivity index (χ1n) is 3.72. The van der Waals surface area contributed by atoms with Crippen molar-refractivity contribution < 1.29 is 9.53 Å². The summed E-state index contributed by atoms with van der Waals surface area (Å²) in [6, 6.07) is 0. The minimum atomic E-state index is -0.379. The fourth-order valence-electron chi connectivity index (χ4n) is 0.895. The van der Waals surface area contributed by atoms with Crippen LogP contribution in [-0.4, -0.2) is 37.5 Å². The topological polar surface area (TPSA) is 53.6 Å². The van der Waals surface area contributed by atoms with E-state index < -0.39 is 0 Å². The Balaban J connectivity index is 2.13. The summed E-state index contributed by atoms with van der Waals surface area (Å²) in [5.41, 5.74) is 2.59. The predicted octanol–water partition coefficient (Wildman–Crippen LogP) is -0.490. The Morgan fingerprint density at radius 1 is 1.82 bits per heavy atom. The lowest BCUT2D eigenvalue weighted by Gasteiger charge is -2.14. The Labute approximate surface area is 65.7 Å². The number of rotatable bonds is 2. The Hall–Kier alpha value is -0.810. The smallest absolute Gasteiger partial charge is 0.421 e. The first-order chi connectivity index (χ1) is 5.33. The summed E-state index contributed by atoms with van der Waals surface area (Å²) >= 11 is 0. The van der Waals surface area contributed by atoms with Crippen LogP contribution in [0.2, 0.25) is 0 Å². The Morgan fingerprint density at radius 3 is 3.18 bits per heavy atom. The summed E-state index contributed by atoms with van der Waals surface area (Å²) in [4.78, 5) is 10.8. The van der Waals surface area contributed by atoms with Crippen molar-refractivity contribution >= 4 is 6.09 Å². The number of hydrogen-bond donors (Lipinski definition) is 2. The number of nitrogens with one attached hydrogen (secondary N) is 2. The average molecular weight is 159 g/mol. The molecule has 0 unspecified atom stereocenters. The first-order valence-corrected chi connectivity index (χ1v) is 3.72. The number of ether oxygens (including phenoxy) is 1. The van der Waals surface area contributed by atoms with Crippen molar-refractivity contribution in [1.82, 2.24) is 15.8 Å². The van der Waals surface area contributed by atoms with E-state index in [0.29, 0.717) is 13.3 Å². The molecular formula is C6H13N3O2. The van der Waals surface area contributed by atoms with Gasteiger partial charge in [-0.2, -0.15) is 0 Å². The van der Waals surface area contributed by atoms with Gasteiger partial charge in [-0.05, 0) is 6.92 Å². The quantitative estimate of drug-likeness (QED) is 0.571. The Kier molecular flexibility index (Phi) is 3.13. The van der Waals surface area contributed by atoms with E-state index in [9.17, 15) is 4.79 Å². The molecule has 0 aromatic rings. The lowest BCUT2D eigenvalue weighted by Crippen LogP contribution is -2.41. The fraction of sp³-hybridized carbons (Fsp3) is 0.833. The van der Waals surface area contributed by atoms with Crippen LogP contribution in [0.25, 0.3) is 0 Å². The molecule has 64 valence electrons. The molecule has 2 N–H and O–H groups in total. The van der Waals surface area contributed by atoms with E-state index in [4.69, 9.17) is 0 Å². The number of hydrazine groups is 1. The zero-order valence-corrected chi connectivity index (χ0v) is 6.59. The van der Waals surface area contributed by atoms with E-state index >= 15 is 0 Å². The van der Waals surface area contributed by atoms with Crippen molar-refractivity contribution in [3.63, 3.8) is 0 Å². The second-order valence-corrected chi connectivity index (χ2v) is 2.25. The second-order valence-electron chi connectivity index (χ2n) is 2.25. The molecule has 0 aliphatic carbocycles. The monoisotopic (exact) mass is 159 g/mol. The number of nitrogens with zero attached hydrogens (tertiary/aromatic N) is 1. The van der Waals surface area contributed by atoms with Crippen LogP contribution < -0.4 is 10.7 Å². The first kappa shape index (κ1) is 8.29. The highest BCUT2D eigenvalue weighted by atomic mass is 16.6. The van der Waals surface area contributed by atoms with Gasteiger partial charge in [-0.1, -0.05) is 0 Å². The molecule has 1 saturated heterocycles. The molecule has 5 nitrogen and oxygen atoms in total. The van der Waals surface area contributed by atoms with Gasteiger partial charge in [-0.25, -0.2) is 9.80 Å². The third-order valence-electron chi connectivity index (χ3n) is 1.39. The molecule has 0 aromatic carbocycles. The maximum absolute atomic E-state index is 10.8. The van der Waals surface area contributed by atoms with Gasteiger partial charge in [-0.15, -0.1) is 0 Å². The third kappa shape index (κ3) is 2.73. The molecule has 0 aromatic heterocycles. The minimum absolute atomic E-state index is 0.379. The molecule has 0 saturated carbocycles. The maximum atomic E-state index is 10.8. The third-order valence-corrected chi connectivity index (χ3v) is 1.39. The Bertz CT molecular complexity index is 134. The summed E-state index contributed by atoms with van der Waals surface area (Å²) in [6.45, 7) is 4.62. The molecule has 1 heterocycles. The molecule has 1 aliphatic rings. The number of hydrogen-bond acceptors (Lipinski definition) is 4. The van der Waals surface area contributed by atoms with Crippen molar-refractivity contribution in [2.75, 3.05) is 26.4 Å². The fourth-order valence-corrected chi connectivity index (χ4v) is 0.895. The highest BCUT2D eigenvalue weighted by Crippen LogP contribution is 1.87. The van der Waals surface area contributed by atoms with Gasteiger partial charge in [0.15, 0.2) is 0 Å². The maximum Gasteiger partial charge on any atom is 0.421 e. The Morgan fingerprint density at radius 2 is 2.64 bits per heavy atom. The van der Waals surface area contributed by atoms with E-state index in [0.717, 1.165) is 13.1 Å². The van der Waals surface area contributed by atoms with Gasteiger partial charge in [0.1, 0.15) is 0 Å². The summed E-state index contributed by atoms with van der Waals surface area (Å²) in [7, 11) is 0. The molecule has 1 aliphatic heterocycles. The number of amides is 1. The van der Waals surface area contributed by atoms with E-state index in [1.807, 2.05) is 0 Å². The lowest BCUT2D eigenvalue weighted by molar-refractivity contribution is 0.118. The van der Waals surface area contributed by atoms with Gasteiger partial charge >= 0.3 is 6.09 Å². The normalized spacial score (nSPS) is 18.3. The van der Waals surface area contributed by atoms with Gasteiger partial charge < -0.3 is 10.1 Å². The largest absolute Gasteiger partial charge is 0.449 e. The summed E-state index contributed by atoms with van der Waals surface area (Å²) in [5, 5.41) is 4.85. The molecule has 11 heavy (non-hydrogen) atoms. The molecule has 0 atom stereocenters. The highest BCUT2D eigenvalue weighted by molar-refractivity contribution is 5.66. The van der Waals surface area contributed by atoms with Crippen molar-refractivity contribution in [2.45, 2.75) is 6.92 Å². The van der Waals surface area contributed by atoms with Crippen LogP contribution in [0.4, 0.5) is 4.79 Å². The van der Waals surface area contributed by atoms with Crippen LogP contribution in [0.1, 0.15) is 6.92 Å². The predicted molar refractivity (Wildman–Crippen MR) is 39.7 cm³/mol. The van der Waals surface area contributed by atoms with Gasteiger partial charge in [0.25, 0.3) is 0 Å². The van der Waals surface area contributed by atoms with E-state index in [-0.39, 0.29) is 6.09 Å². The van der Waals surface area contributed by atoms with Crippen molar-refractivity contribution in [3.05, 3.63) is 0 Å². The van der Waals surface area contributed by atoms with Gasteiger partial charge in [0.05, 0.1) is 13.3 Å². The van der Waals surface area contributed by atoms with Crippen LogP contribution >= 0.6 is 0 Å². The molecule has 1 fully saturated rings. The van der Waals surface area contributed by atoms with Crippen LogP contribution in [0.15, 0.2) is 0 Å². The summed E-state index contributed by atoms with van der Waals surface area (Å²) < 4.78 is 4.68. The van der Waals surface area contributed by atoms with Gasteiger partial charge in [0, 0.05) is 13.1 Å². The molecular weight excluding hydrogens is 146 g/mol. The molecule has 0 radical (unpaired) electrons.